The van der Waals surface area contributed by atoms with Crippen LogP contribution in [-0.4, -0.2) is 126 Å². The van der Waals surface area contributed by atoms with E-state index < -0.39 is 53.1 Å². The quantitative estimate of drug-likeness (QED) is 0.102. The lowest BCUT2D eigenvalue weighted by Gasteiger charge is -2.38. The predicted octanol–water partition coefficient (Wildman–Crippen LogP) is 6.80. The molecule has 16 nitrogen and oxygen atoms in total. The van der Waals surface area contributed by atoms with E-state index in [2.05, 4.69) is 25.3 Å². The molecule has 3 atom stereocenters. The number of carbonyl (C=O) groups is 4. The summed E-state index contributed by atoms with van der Waals surface area (Å²) in [4.78, 5) is 70.7. The Labute approximate surface area is 382 Å². The number of pyridine rings is 1. The Bertz CT molecular complexity index is 2660. The van der Waals surface area contributed by atoms with Crippen LogP contribution in [0.4, 0.5) is 33.9 Å². The zero-order chi connectivity index (χ0) is 47.8. The van der Waals surface area contributed by atoms with Crippen LogP contribution in [0.5, 0.6) is 5.75 Å². The molecule has 3 aromatic carbocycles. The highest BCUT2D eigenvalue weighted by Gasteiger charge is 2.42. The highest BCUT2D eigenvalue weighted by atomic mass is 19.4. The zero-order valence-electron chi connectivity index (χ0n) is 37.4. The summed E-state index contributed by atoms with van der Waals surface area (Å²) in [6, 6.07) is 11.7. The van der Waals surface area contributed by atoms with Gasteiger partial charge in [0.1, 0.15) is 29.3 Å². The van der Waals surface area contributed by atoms with Gasteiger partial charge in [-0.05, 0) is 86.2 Å². The van der Waals surface area contributed by atoms with E-state index in [0.29, 0.717) is 98.6 Å². The largest absolute Gasteiger partial charge is 0.573 e. The van der Waals surface area contributed by atoms with Crippen LogP contribution < -0.4 is 20.3 Å². The number of aromatic amines is 1. The van der Waals surface area contributed by atoms with Gasteiger partial charge in [0.05, 0.1) is 47.5 Å². The minimum absolute atomic E-state index is 0.0166. The third kappa shape index (κ3) is 10.1. The average molecular weight is 933 g/mol. The van der Waals surface area contributed by atoms with Gasteiger partial charge in [0.2, 0.25) is 11.8 Å². The fourth-order valence-corrected chi connectivity index (χ4v) is 9.11. The number of alkyl halides is 3. The molecular weight excluding hydrogens is 881 g/mol. The van der Waals surface area contributed by atoms with Crippen molar-refractivity contribution in [1.82, 2.24) is 30.1 Å². The molecule has 356 valence electrons. The second-order valence-corrected chi connectivity index (χ2v) is 18.0. The SMILES string of the molecule is COC(=O)NC(C(=O)N1CC(C)CC1c1nc2c(ccc3cc(-c4cc(F)c(NC(=O)c5ccc(N6CCN(C(=O)C(C)(C)CO)CC6)nc5)cc4OC(F)(F)F)ccc32)[nH]1)C1CCOCC1. The molecule has 8 rings (SSSR count). The zero-order valence-corrected chi connectivity index (χ0v) is 37.4. The molecule has 0 aliphatic carbocycles. The molecule has 5 aromatic rings. The summed E-state index contributed by atoms with van der Waals surface area (Å²) < 4.78 is 72.3. The van der Waals surface area contributed by atoms with Crippen LogP contribution in [-0.2, 0) is 19.1 Å². The van der Waals surface area contributed by atoms with Crippen molar-refractivity contribution in [2.24, 2.45) is 17.3 Å². The summed E-state index contributed by atoms with van der Waals surface area (Å²) in [5, 5.41) is 15.9. The van der Waals surface area contributed by atoms with Crippen LogP contribution in [0, 0.1) is 23.1 Å². The van der Waals surface area contributed by atoms with Crippen molar-refractivity contribution in [3.8, 4) is 16.9 Å². The summed E-state index contributed by atoms with van der Waals surface area (Å²) in [5.74, 6) is -1.96. The third-order valence-electron chi connectivity index (χ3n) is 12.8. The van der Waals surface area contributed by atoms with Crippen LogP contribution in [0.1, 0.15) is 62.3 Å². The number of hydrogen-bond donors (Lipinski definition) is 4. The maximum atomic E-state index is 15.9. The minimum atomic E-state index is -5.16. The van der Waals surface area contributed by atoms with Crippen molar-refractivity contribution in [1.29, 1.82) is 0 Å². The van der Waals surface area contributed by atoms with Gasteiger partial charge in [-0.15, -0.1) is 13.2 Å². The highest BCUT2D eigenvalue weighted by Crippen LogP contribution is 2.41. The number of carbonyl (C=O) groups excluding carboxylic acids is 4. The predicted molar refractivity (Wildman–Crippen MR) is 239 cm³/mol. The highest BCUT2D eigenvalue weighted by molar-refractivity contribution is 6.06. The van der Waals surface area contributed by atoms with Crippen LogP contribution in [0.25, 0.3) is 32.9 Å². The van der Waals surface area contributed by atoms with Gasteiger partial charge in [0.25, 0.3) is 5.91 Å². The first-order valence-corrected chi connectivity index (χ1v) is 22.1. The molecule has 3 aliphatic heterocycles. The number of fused-ring (bicyclic) bond motifs is 3. The molecule has 5 heterocycles. The summed E-state index contributed by atoms with van der Waals surface area (Å²) in [6.45, 7) is 8.20. The Hall–Kier alpha value is -6.54. The Kier molecular flexibility index (Phi) is 13.3. The number of imidazole rings is 1. The number of aliphatic hydroxyl groups excluding tert-OH is 1. The third-order valence-corrected chi connectivity index (χ3v) is 12.8. The second kappa shape index (κ2) is 19.0. The molecule has 4 amide bonds. The molecule has 0 radical (unpaired) electrons. The number of ether oxygens (including phenoxy) is 3. The Balaban J connectivity index is 1.01. The molecule has 2 aromatic heterocycles. The van der Waals surface area contributed by atoms with Crippen molar-refractivity contribution < 1.29 is 56.1 Å². The molecule has 3 unspecified atom stereocenters. The number of piperazine rings is 1. The van der Waals surface area contributed by atoms with Crippen molar-refractivity contribution in [2.75, 3.05) is 69.9 Å². The van der Waals surface area contributed by atoms with Gasteiger partial charge >= 0.3 is 12.5 Å². The molecule has 0 saturated carbocycles. The number of halogens is 4. The van der Waals surface area contributed by atoms with Crippen molar-refractivity contribution in [3.05, 3.63) is 78.0 Å². The molecule has 3 aliphatic rings. The Morgan fingerprint density at radius 1 is 1.00 bits per heavy atom. The average Bonchev–Trinajstić information content (AvgIpc) is 3.94. The molecule has 3 fully saturated rings. The van der Waals surface area contributed by atoms with Gasteiger partial charge in [0.15, 0.2) is 0 Å². The number of nitrogens with zero attached hydrogens (tertiary/aromatic N) is 5. The van der Waals surface area contributed by atoms with Crippen LogP contribution in [0.2, 0.25) is 0 Å². The van der Waals surface area contributed by atoms with E-state index in [9.17, 15) is 37.5 Å². The summed E-state index contributed by atoms with van der Waals surface area (Å²) >= 11 is 0. The van der Waals surface area contributed by atoms with Crippen molar-refractivity contribution in [2.45, 2.75) is 58.5 Å². The number of anilines is 2. The van der Waals surface area contributed by atoms with E-state index in [1.165, 1.54) is 25.4 Å². The second-order valence-electron chi connectivity index (χ2n) is 18.0. The lowest BCUT2D eigenvalue weighted by Crippen LogP contribution is -2.53. The fraction of sp³-hybridized carbons (Fsp3) is 0.447. The van der Waals surface area contributed by atoms with Crippen molar-refractivity contribution >= 4 is 57.1 Å². The van der Waals surface area contributed by atoms with E-state index in [1.54, 1.807) is 54.0 Å². The first-order chi connectivity index (χ1) is 31.9. The number of rotatable bonds is 11. The number of hydrogen-bond acceptors (Lipinski definition) is 11. The van der Waals surface area contributed by atoms with E-state index in [-0.39, 0.29) is 46.9 Å². The van der Waals surface area contributed by atoms with Gasteiger partial charge in [-0.3, -0.25) is 14.4 Å². The number of likely N-dealkylation sites (tertiary alicyclic amines) is 1. The molecule has 20 heteroatoms. The van der Waals surface area contributed by atoms with Crippen molar-refractivity contribution in [3.63, 3.8) is 0 Å². The van der Waals surface area contributed by atoms with Gasteiger partial charge < -0.3 is 49.6 Å². The molecule has 4 N–H and O–H groups in total. The Morgan fingerprint density at radius 3 is 2.42 bits per heavy atom. The van der Waals surface area contributed by atoms with Crippen LogP contribution in [0.15, 0.2) is 60.8 Å². The maximum absolute atomic E-state index is 15.9. The summed E-state index contributed by atoms with van der Waals surface area (Å²) in [6.07, 6.45) is -2.80. The Morgan fingerprint density at radius 2 is 1.75 bits per heavy atom. The molecule has 3 saturated heterocycles. The fourth-order valence-electron chi connectivity index (χ4n) is 9.11. The standard InChI is InChI=1S/C47H52F4N8O8/c1-26-19-36(59(24-26)43(62)39(56-45(64)65-4)27-11-17-66-18-12-27)41-53-34-9-6-28-20-29(5-8-31(28)40(34)55-41)32-21-33(48)35(22-37(32)67-47(49,50)51)54-42(61)30-7-10-38(52-23-30)57-13-15-58(16-14-57)44(63)46(2,3)25-60/h5-10,20-23,26-27,36,39,60H,11-19,24-25H2,1-4H3,(H,53,55)(H,54,61)(H,56,64). The summed E-state index contributed by atoms with van der Waals surface area (Å²) in [7, 11) is 1.25. The first-order valence-electron chi connectivity index (χ1n) is 22.1. The number of methoxy groups -OCH3 is 1. The topological polar surface area (TPSA) is 192 Å². The van der Waals surface area contributed by atoms with Gasteiger partial charge in [-0.1, -0.05) is 25.1 Å². The van der Waals surface area contributed by atoms with Gasteiger partial charge in [-0.25, -0.2) is 19.2 Å². The number of nitrogens with one attached hydrogen (secondary N) is 3. The van der Waals surface area contributed by atoms with E-state index in [0.717, 1.165) is 12.1 Å². The molecular formula is C47H52F4N8O8. The number of aromatic nitrogens is 3. The van der Waals surface area contributed by atoms with Gasteiger partial charge in [-0.2, -0.15) is 0 Å². The van der Waals surface area contributed by atoms with Gasteiger partial charge in [0, 0.05) is 69.2 Å². The van der Waals surface area contributed by atoms with Crippen LogP contribution >= 0.6 is 0 Å². The lowest BCUT2D eigenvalue weighted by molar-refractivity contribution is -0.274. The molecule has 0 bridgehead atoms. The normalized spacial score (nSPS) is 18.9. The number of H-pyrrole nitrogens is 1. The maximum Gasteiger partial charge on any atom is 0.573 e. The number of alkyl carbamates (subject to hydrolysis) is 1. The number of amides is 4. The smallest absolute Gasteiger partial charge is 0.453 e. The first kappa shape index (κ1) is 47.0. The monoisotopic (exact) mass is 932 g/mol. The summed E-state index contributed by atoms with van der Waals surface area (Å²) in [5.41, 5.74) is -0.260. The van der Waals surface area contributed by atoms with Crippen LogP contribution in [0.3, 0.4) is 0 Å². The molecule has 67 heavy (non-hydrogen) atoms. The van der Waals surface area contributed by atoms with E-state index in [1.807, 2.05) is 11.8 Å². The lowest BCUT2D eigenvalue weighted by atomic mass is 9.90. The molecule has 0 spiro atoms. The number of aliphatic hydroxyl groups is 1. The minimum Gasteiger partial charge on any atom is -0.453 e. The number of benzene rings is 3. The van der Waals surface area contributed by atoms with E-state index >= 15 is 4.39 Å². The van der Waals surface area contributed by atoms with E-state index in [4.69, 9.17) is 14.5 Å².